The van der Waals surface area contributed by atoms with Gasteiger partial charge in [-0.05, 0) is 35.4 Å². The smallest absolute Gasteiger partial charge is 0.326 e. The monoisotopic (exact) mass is 475 g/mol. The van der Waals surface area contributed by atoms with E-state index in [-0.39, 0.29) is 12.3 Å². The van der Waals surface area contributed by atoms with Crippen LogP contribution in [0.3, 0.4) is 0 Å². The van der Waals surface area contributed by atoms with Gasteiger partial charge in [-0.2, -0.15) is 0 Å². The van der Waals surface area contributed by atoms with Gasteiger partial charge in [-0.3, -0.25) is 9.69 Å². The standard InChI is InChI=1S/C23H23Cl2N3O4/c24-16-11-18(25)22-15(9-20(23(30)31)27-19(22)12-16)10-21(29)26-17-3-1-14(2-4-17)13-28-5-7-32-8-6-28/h1-4,10-12,20,27H,5-9,13H2,(H,26,29)(H,30,31)/b15-10+. The van der Waals surface area contributed by atoms with Gasteiger partial charge in [-0.15, -0.1) is 0 Å². The van der Waals surface area contributed by atoms with Crippen LogP contribution in [0.25, 0.3) is 5.57 Å². The van der Waals surface area contributed by atoms with E-state index in [1.165, 1.54) is 6.08 Å². The number of amides is 1. The molecule has 1 fully saturated rings. The Balaban J connectivity index is 1.48. The Bertz CT molecular complexity index is 1050. The highest BCUT2D eigenvalue weighted by atomic mass is 35.5. The van der Waals surface area contributed by atoms with Gasteiger partial charge >= 0.3 is 5.97 Å². The summed E-state index contributed by atoms with van der Waals surface area (Å²) in [6.45, 7) is 4.16. The second-order valence-corrected chi connectivity index (χ2v) is 8.64. The molecule has 1 amide bonds. The summed E-state index contributed by atoms with van der Waals surface area (Å²) in [6.07, 6.45) is 1.52. The Labute approximate surface area is 195 Å². The number of halogens is 2. The molecule has 2 aliphatic heterocycles. The zero-order valence-corrected chi connectivity index (χ0v) is 18.7. The molecule has 7 nitrogen and oxygen atoms in total. The third-order valence-electron chi connectivity index (χ3n) is 5.46. The van der Waals surface area contributed by atoms with Crippen LogP contribution in [0.2, 0.25) is 10.0 Å². The summed E-state index contributed by atoms with van der Waals surface area (Å²) < 4.78 is 5.37. The second kappa shape index (κ2) is 9.92. The van der Waals surface area contributed by atoms with Gasteiger partial charge in [0.1, 0.15) is 6.04 Å². The van der Waals surface area contributed by atoms with Crippen molar-refractivity contribution in [2.45, 2.75) is 19.0 Å². The minimum Gasteiger partial charge on any atom is -0.480 e. The fourth-order valence-corrected chi connectivity index (χ4v) is 4.52. The molecule has 1 unspecified atom stereocenters. The average Bonchev–Trinajstić information content (AvgIpc) is 2.75. The Hall–Kier alpha value is -2.58. The van der Waals surface area contributed by atoms with Crippen LogP contribution in [-0.2, 0) is 20.9 Å². The molecule has 0 aliphatic carbocycles. The molecule has 4 rings (SSSR count). The maximum Gasteiger partial charge on any atom is 0.326 e. The number of carboxylic acid groups (broad SMARTS) is 1. The van der Waals surface area contributed by atoms with E-state index >= 15 is 0 Å². The van der Waals surface area contributed by atoms with Crippen LogP contribution in [-0.4, -0.2) is 54.2 Å². The van der Waals surface area contributed by atoms with Crippen LogP contribution in [0.1, 0.15) is 17.5 Å². The Morgan fingerprint density at radius 1 is 1.19 bits per heavy atom. The number of hydrogen-bond acceptors (Lipinski definition) is 5. The molecular weight excluding hydrogens is 453 g/mol. The van der Waals surface area contributed by atoms with Crippen molar-refractivity contribution in [2.24, 2.45) is 0 Å². The number of fused-ring (bicyclic) bond motifs is 1. The molecule has 0 aromatic heterocycles. The molecule has 1 atom stereocenters. The molecule has 3 N–H and O–H groups in total. The summed E-state index contributed by atoms with van der Waals surface area (Å²) in [5, 5.41) is 16.0. The van der Waals surface area contributed by atoms with Gasteiger partial charge < -0.3 is 20.5 Å². The van der Waals surface area contributed by atoms with E-state index in [4.69, 9.17) is 27.9 Å². The lowest BCUT2D eigenvalue weighted by molar-refractivity contribution is -0.137. The van der Waals surface area contributed by atoms with E-state index < -0.39 is 12.0 Å². The van der Waals surface area contributed by atoms with E-state index in [9.17, 15) is 14.7 Å². The summed E-state index contributed by atoms with van der Waals surface area (Å²) >= 11 is 12.4. The maximum atomic E-state index is 12.7. The molecule has 0 radical (unpaired) electrons. The largest absolute Gasteiger partial charge is 0.480 e. The quantitative estimate of drug-likeness (QED) is 0.563. The lowest BCUT2D eigenvalue weighted by atomic mass is 9.92. The van der Waals surface area contributed by atoms with Gasteiger partial charge in [-0.25, -0.2) is 4.79 Å². The van der Waals surface area contributed by atoms with Gasteiger partial charge in [0.05, 0.1) is 18.2 Å². The number of benzene rings is 2. The zero-order valence-electron chi connectivity index (χ0n) is 17.2. The summed E-state index contributed by atoms with van der Waals surface area (Å²) in [5.41, 5.74) is 3.43. The number of nitrogens with one attached hydrogen (secondary N) is 2. The minimum atomic E-state index is -1.02. The third-order valence-corrected chi connectivity index (χ3v) is 5.98. The number of anilines is 2. The number of carbonyl (C=O) groups is 2. The number of rotatable bonds is 5. The molecule has 0 bridgehead atoms. The lowest BCUT2D eigenvalue weighted by Crippen LogP contribution is -2.35. The molecule has 0 spiro atoms. The van der Waals surface area contributed by atoms with Crippen molar-refractivity contribution in [3.63, 3.8) is 0 Å². The highest BCUT2D eigenvalue weighted by molar-refractivity contribution is 6.36. The number of ether oxygens (including phenoxy) is 1. The van der Waals surface area contributed by atoms with Crippen LogP contribution in [0, 0.1) is 0 Å². The van der Waals surface area contributed by atoms with E-state index in [2.05, 4.69) is 15.5 Å². The molecule has 2 aliphatic rings. The van der Waals surface area contributed by atoms with Crippen LogP contribution < -0.4 is 10.6 Å². The van der Waals surface area contributed by atoms with Crippen LogP contribution in [0.5, 0.6) is 0 Å². The molecule has 168 valence electrons. The molecule has 9 heteroatoms. The number of morpholine rings is 1. The molecule has 2 heterocycles. The Kier molecular flexibility index (Phi) is 7.01. The summed E-state index contributed by atoms with van der Waals surface area (Å²) in [7, 11) is 0. The van der Waals surface area contributed by atoms with Crippen molar-refractivity contribution in [1.29, 1.82) is 0 Å². The van der Waals surface area contributed by atoms with E-state index in [0.717, 1.165) is 38.4 Å². The number of nitrogens with zero attached hydrogens (tertiary/aromatic N) is 1. The van der Waals surface area contributed by atoms with Gasteiger partial charge in [0, 0.05) is 54.1 Å². The summed E-state index contributed by atoms with van der Waals surface area (Å²) in [6, 6.07) is 9.98. The zero-order chi connectivity index (χ0) is 22.7. The van der Waals surface area contributed by atoms with E-state index in [0.29, 0.717) is 32.6 Å². The first kappa shape index (κ1) is 22.6. The number of aliphatic carboxylic acids is 1. The highest BCUT2D eigenvalue weighted by Crippen LogP contribution is 2.40. The average molecular weight is 476 g/mol. The Morgan fingerprint density at radius 3 is 2.59 bits per heavy atom. The number of carboxylic acids is 1. The molecule has 32 heavy (non-hydrogen) atoms. The fraction of sp³-hybridized carbons (Fsp3) is 0.304. The Morgan fingerprint density at radius 2 is 1.91 bits per heavy atom. The predicted octanol–water partition coefficient (Wildman–Crippen LogP) is 4.12. The van der Waals surface area contributed by atoms with Gasteiger partial charge in [0.25, 0.3) is 0 Å². The van der Waals surface area contributed by atoms with Crippen molar-refractivity contribution < 1.29 is 19.4 Å². The highest BCUT2D eigenvalue weighted by Gasteiger charge is 2.29. The molecular formula is C23H23Cl2N3O4. The maximum absolute atomic E-state index is 12.7. The van der Waals surface area contributed by atoms with Gasteiger partial charge in [0.15, 0.2) is 0 Å². The molecule has 2 aromatic carbocycles. The first-order valence-corrected chi connectivity index (χ1v) is 11.0. The van der Waals surface area contributed by atoms with Crippen LogP contribution in [0.4, 0.5) is 11.4 Å². The topological polar surface area (TPSA) is 90.9 Å². The van der Waals surface area contributed by atoms with Crippen molar-refractivity contribution in [3.05, 3.63) is 63.6 Å². The summed E-state index contributed by atoms with van der Waals surface area (Å²) in [4.78, 5) is 26.6. The number of hydrogen-bond donors (Lipinski definition) is 3. The number of carbonyl (C=O) groups excluding carboxylic acids is 1. The van der Waals surface area contributed by atoms with E-state index in [1.807, 2.05) is 24.3 Å². The van der Waals surface area contributed by atoms with Gasteiger partial charge in [-0.1, -0.05) is 35.3 Å². The molecule has 0 saturated carbocycles. The fourth-order valence-electron chi connectivity index (χ4n) is 3.90. The lowest BCUT2D eigenvalue weighted by Gasteiger charge is -2.27. The van der Waals surface area contributed by atoms with Crippen molar-refractivity contribution in [3.8, 4) is 0 Å². The van der Waals surface area contributed by atoms with Crippen LogP contribution in [0.15, 0.2) is 42.5 Å². The van der Waals surface area contributed by atoms with Crippen molar-refractivity contribution in [1.82, 2.24) is 4.90 Å². The first-order chi connectivity index (χ1) is 15.4. The minimum absolute atomic E-state index is 0.121. The van der Waals surface area contributed by atoms with Gasteiger partial charge in [0.2, 0.25) is 5.91 Å². The summed E-state index contributed by atoms with van der Waals surface area (Å²) in [5.74, 6) is -1.38. The predicted molar refractivity (Wildman–Crippen MR) is 125 cm³/mol. The second-order valence-electron chi connectivity index (χ2n) is 7.79. The normalized spacial score (nSPS) is 19.8. The van der Waals surface area contributed by atoms with Crippen molar-refractivity contribution >= 4 is 52.0 Å². The molecule has 2 aromatic rings. The molecule has 1 saturated heterocycles. The third kappa shape index (κ3) is 5.42. The van der Waals surface area contributed by atoms with Crippen molar-refractivity contribution in [2.75, 3.05) is 36.9 Å². The van der Waals surface area contributed by atoms with Crippen LogP contribution >= 0.6 is 23.2 Å². The van der Waals surface area contributed by atoms with E-state index in [1.54, 1.807) is 12.1 Å². The first-order valence-electron chi connectivity index (χ1n) is 10.3. The SMILES string of the molecule is O=C(/C=C1\CC(C(=O)O)Nc2cc(Cl)cc(Cl)c21)Nc1ccc(CN2CCOCC2)cc1.